The van der Waals surface area contributed by atoms with Gasteiger partial charge in [0, 0.05) is 17.3 Å². The molecule has 6 heteroatoms. The van der Waals surface area contributed by atoms with Crippen LogP contribution in [-0.4, -0.2) is 22.0 Å². The predicted molar refractivity (Wildman–Crippen MR) is 125 cm³/mol. The Labute approximate surface area is 187 Å². The van der Waals surface area contributed by atoms with Crippen LogP contribution in [0.2, 0.25) is 0 Å². The lowest BCUT2D eigenvalue weighted by molar-refractivity contribution is 0.0731. The van der Waals surface area contributed by atoms with Gasteiger partial charge in [0.2, 0.25) is 0 Å². The van der Waals surface area contributed by atoms with Gasteiger partial charge in [0.05, 0.1) is 0 Å². The molecule has 0 bridgehead atoms. The van der Waals surface area contributed by atoms with Crippen LogP contribution >= 0.6 is 0 Å². The standard InChI is InChI=1S/C13H11NO3.C13H16O2/c14-9-6-7-11(12(15)8-9)13(16)17-10-4-2-1-3-5-10;1-9(2)4-5-12-8-11(10(3)14)6-7-13(12)15/h1-8,15H,14H2;4,6-8,15H,5H2,1-3H3. The third kappa shape index (κ3) is 7.32. The maximum Gasteiger partial charge on any atom is 0.347 e. The lowest BCUT2D eigenvalue weighted by atomic mass is 10.0. The summed E-state index contributed by atoms with van der Waals surface area (Å²) in [5.74, 6) is -0.112. The van der Waals surface area contributed by atoms with Crippen molar-refractivity contribution in [2.75, 3.05) is 5.73 Å². The third-order valence-electron chi connectivity index (χ3n) is 4.41. The first-order chi connectivity index (χ1) is 15.2. The molecule has 0 fully saturated rings. The number of carbonyl (C=O) groups excluding carboxylic acids is 2. The molecule has 0 saturated carbocycles. The number of nitrogen functional groups attached to an aromatic ring is 1. The maximum absolute atomic E-state index is 11.7. The summed E-state index contributed by atoms with van der Waals surface area (Å²) in [7, 11) is 0. The van der Waals surface area contributed by atoms with Crippen LogP contribution in [-0.2, 0) is 6.42 Å². The fraction of sp³-hybridized carbons (Fsp3) is 0.154. The number of esters is 1. The topological polar surface area (TPSA) is 110 Å². The van der Waals surface area contributed by atoms with E-state index >= 15 is 0 Å². The molecule has 0 aliphatic rings. The van der Waals surface area contributed by atoms with Gasteiger partial charge in [-0.25, -0.2) is 4.79 Å². The number of anilines is 1. The molecule has 4 N–H and O–H groups in total. The van der Waals surface area contributed by atoms with E-state index in [1.165, 1.54) is 30.7 Å². The number of aromatic hydroxyl groups is 2. The Morgan fingerprint density at radius 2 is 1.59 bits per heavy atom. The van der Waals surface area contributed by atoms with E-state index in [1.54, 1.807) is 42.5 Å². The van der Waals surface area contributed by atoms with Crippen molar-refractivity contribution in [1.82, 2.24) is 0 Å². The van der Waals surface area contributed by atoms with Crippen molar-refractivity contribution in [1.29, 1.82) is 0 Å². The summed E-state index contributed by atoms with van der Waals surface area (Å²) in [4.78, 5) is 22.9. The quantitative estimate of drug-likeness (QED) is 0.166. The highest BCUT2D eigenvalue weighted by Gasteiger charge is 2.13. The molecular weight excluding hydrogens is 406 g/mol. The Hall–Kier alpha value is -4.06. The number of benzene rings is 3. The van der Waals surface area contributed by atoms with Crippen LogP contribution in [0, 0.1) is 0 Å². The van der Waals surface area contributed by atoms with Gasteiger partial charge < -0.3 is 20.7 Å². The van der Waals surface area contributed by atoms with Crippen molar-refractivity contribution in [3.05, 3.63) is 95.1 Å². The fourth-order valence-corrected chi connectivity index (χ4v) is 2.65. The van der Waals surface area contributed by atoms with Gasteiger partial charge in [0.1, 0.15) is 22.8 Å². The minimum atomic E-state index is -0.617. The lowest BCUT2D eigenvalue weighted by Crippen LogP contribution is -2.08. The first-order valence-corrected chi connectivity index (χ1v) is 9.99. The van der Waals surface area contributed by atoms with Gasteiger partial charge in [-0.1, -0.05) is 29.8 Å². The number of allylic oxidation sites excluding steroid dienone is 2. The number of para-hydroxylation sites is 1. The van der Waals surface area contributed by atoms with Crippen LogP contribution < -0.4 is 10.5 Å². The monoisotopic (exact) mass is 433 g/mol. The van der Waals surface area contributed by atoms with Gasteiger partial charge in [-0.15, -0.1) is 0 Å². The Kier molecular flexibility index (Phi) is 8.60. The van der Waals surface area contributed by atoms with Gasteiger partial charge >= 0.3 is 5.97 Å². The molecule has 0 aromatic heterocycles. The summed E-state index contributed by atoms with van der Waals surface area (Å²) in [6.45, 7) is 5.54. The van der Waals surface area contributed by atoms with Crippen molar-refractivity contribution >= 4 is 17.4 Å². The van der Waals surface area contributed by atoms with Gasteiger partial charge in [-0.2, -0.15) is 0 Å². The normalized spacial score (nSPS) is 9.84. The number of Topliss-reactive ketones (excluding diaryl/α,β-unsaturated/α-hetero) is 1. The van der Waals surface area contributed by atoms with Crippen LogP contribution in [0.5, 0.6) is 17.2 Å². The summed E-state index contributed by atoms with van der Waals surface area (Å²) < 4.78 is 5.08. The minimum Gasteiger partial charge on any atom is -0.508 e. The largest absolute Gasteiger partial charge is 0.508 e. The third-order valence-corrected chi connectivity index (χ3v) is 4.41. The number of hydrogen-bond acceptors (Lipinski definition) is 6. The summed E-state index contributed by atoms with van der Waals surface area (Å²) in [6, 6.07) is 17.9. The summed E-state index contributed by atoms with van der Waals surface area (Å²) in [6.07, 6.45) is 2.69. The molecule has 32 heavy (non-hydrogen) atoms. The number of hydrogen-bond donors (Lipinski definition) is 3. The zero-order valence-electron chi connectivity index (χ0n) is 18.3. The van der Waals surface area contributed by atoms with E-state index in [2.05, 4.69) is 0 Å². The SMILES string of the molecule is CC(=O)c1ccc(O)c(CC=C(C)C)c1.Nc1ccc(C(=O)Oc2ccccc2)c(O)c1. The highest BCUT2D eigenvalue weighted by atomic mass is 16.5. The first kappa shape index (κ1) is 24.2. The van der Waals surface area contributed by atoms with E-state index in [9.17, 15) is 19.8 Å². The van der Waals surface area contributed by atoms with Crippen LogP contribution in [0.25, 0.3) is 0 Å². The van der Waals surface area contributed by atoms with E-state index in [4.69, 9.17) is 10.5 Å². The number of phenols is 2. The van der Waals surface area contributed by atoms with E-state index in [1.807, 2.05) is 26.0 Å². The second-order valence-electron chi connectivity index (χ2n) is 7.36. The number of nitrogens with two attached hydrogens (primary N) is 1. The molecule has 0 aliphatic carbocycles. The number of ether oxygens (including phenoxy) is 1. The van der Waals surface area contributed by atoms with Gasteiger partial charge in [-0.3, -0.25) is 4.79 Å². The minimum absolute atomic E-state index is 0.0217. The molecule has 0 spiro atoms. The van der Waals surface area contributed by atoms with Crippen molar-refractivity contribution in [2.24, 2.45) is 0 Å². The van der Waals surface area contributed by atoms with Crippen LogP contribution in [0.3, 0.4) is 0 Å². The number of ketones is 1. The smallest absolute Gasteiger partial charge is 0.347 e. The summed E-state index contributed by atoms with van der Waals surface area (Å²) >= 11 is 0. The van der Waals surface area contributed by atoms with Crippen LogP contribution in [0.1, 0.15) is 47.1 Å². The molecule has 0 atom stereocenters. The van der Waals surface area contributed by atoms with Crippen molar-refractivity contribution in [3.63, 3.8) is 0 Å². The van der Waals surface area contributed by atoms with Gasteiger partial charge in [0.15, 0.2) is 5.78 Å². The number of phenolic OH excluding ortho intramolecular Hbond substituents is 2. The van der Waals surface area contributed by atoms with Crippen molar-refractivity contribution in [3.8, 4) is 17.2 Å². The molecular formula is C26H27NO5. The summed E-state index contributed by atoms with van der Waals surface area (Å²) in [5, 5.41) is 19.1. The second-order valence-corrected chi connectivity index (χ2v) is 7.36. The molecule has 0 aliphatic heterocycles. The Balaban J connectivity index is 0.000000229. The maximum atomic E-state index is 11.7. The van der Waals surface area contributed by atoms with E-state index in [-0.39, 0.29) is 22.8 Å². The lowest BCUT2D eigenvalue weighted by Gasteiger charge is -2.06. The number of carbonyl (C=O) groups is 2. The summed E-state index contributed by atoms with van der Waals surface area (Å²) in [5.41, 5.74) is 8.58. The van der Waals surface area contributed by atoms with Crippen LogP contribution in [0.15, 0.2) is 78.4 Å². The highest BCUT2D eigenvalue weighted by Crippen LogP contribution is 2.22. The Bertz CT molecular complexity index is 1120. The predicted octanol–water partition coefficient (Wildman–Crippen LogP) is 5.30. The molecule has 0 amide bonds. The molecule has 166 valence electrons. The average Bonchev–Trinajstić information content (AvgIpc) is 2.74. The molecule has 3 aromatic carbocycles. The van der Waals surface area contributed by atoms with Gasteiger partial charge in [0.25, 0.3) is 0 Å². The van der Waals surface area contributed by atoms with E-state index in [0.29, 0.717) is 23.4 Å². The van der Waals surface area contributed by atoms with E-state index in [0.717, 1.165) is 5.56 Å². The van der Waals surface area contributed by atoms with Crippen molar-refractivity contribution in [2.45, 2.75) is 27.2 Å². The molecule has 0 unspecified atom stereocenters. The van der Waals surface area contributed by atoms with Gasteiger partial charge in [-0.05, 0) is 75.2 Å². The average molecular weight is 434 g/mol. The van der Waals surface area contributed by atoms with Crippen LogP contribution in [0.4, 0.5) is 5.69 Å². The molecule has 3 aromatic rings. The second kappa shape index (κ2) is 11.4. The van der Waals surface area contributed by atoms with Crippen molar-refractivity contribution < 1.29 is 24.5 Å². The Morgan fingerprint density at radius 3 is 2.19 bits per heavy atom. The molecule has 6 nitrogen and oxygen atoms in total. The Morgan fingerprint density at radius 1 is 0.906 bits per heavy atom. The molecule has 0 heterocycles. The first-order valence-electron chi connectivity index (χ1n) is 9.99. The molecule has 0 saturated heterocycles. The molecule has 3 rings (SSSR count). The van der Waals surface area contributed by atoms with E-state index < -0.39 is 5.97 Å². The molecule has 0 radical (unpaired) electrons. The number of rotatable bonds is 5. The highest BCUT2D eigenvalue weighted by molar-refractivity contribution is 5.95. The fourth-order valence-electron chi connectivity index (χ4n) is 2.65. The zero-order valence-corrected chi connectivity index (χ0v) is 18.3. The zero-order chi connectivity index (χ0) is 23.7.